The Morgan fingerprint density at radius 2 is 2.03 bits per heavy atom. The van der Waals surface area contributed by atoms with Gasteiger partial charge >= 0.3 is 0 Å². The topological polar surface area (TPSA) is 58.5 Å². The van der Waals surface area contributed by atoms with Gasteiger partial charge in [0.1, 0.15) is 17.5 Å². The second-order valence-corrected chi connectivity index (χ2v) is 7.67. The lowest BCUT2D eigenvalue weighted by Gasteiger charge is -2.39. The van der Waals surface area contributed by atoms with Crippen LogP contribution in [0.4, 0.5) is 8.78 Å². The number of fused-ring (bicyclic) bond motifs is 1. The van der Waals surface area contributed by atoms with E-state index in [0.717, 1.165) is 11.8 Å². The molecule has 1 fully saturated rings. The number of halogens is 2. The first-order valence-corrected chi connectivity index (χ1v) is 10.2. The van der Waals surface area contributed by atoms with E-state index in [1.165, 1.54) is 7.11 Å². The third kappa shape index (κ3) is 4.27. The van der Waals surface area contributed by atoms with Gasteiger partial charge < -0.3 is 9.84 Å². The highest BCUT2D eigenvalue weighted by atomic mass is 19.1. The predicted molar refractivity (Wildman–Crippen MR) is 111 cm³/mol. The van der Waals surface area contributed by atoms with Crippen LogP contribution in [-0.2, 0) is 6.42 Å². The molecule has 0 spiro atoms. The van der Waals surface area contributed by atoms with E-state index in [9.17, 15) is 13.9 Å². The molecule has 2 aromatic heterocycles. The number of aliphatic hydroxyl groups excluding tert-OH is 1. The van der Waals surface area contributed by atoms with E-state index in [0.29, 0.717) is 37.2 Å². The molecule has 1 N–H and O–H groups in total. The van der Waals surface area contributed by atoms with E-state index in [4.69, 9.17) is 4.74 Å². The number of nitrogens with zero attached hydrogens (tertiary/aromatic N) is 3. The maximum absolute atomic E-state index is 14.8. The minimum absolute atomic E-state index is 0.0679. The molecule has 4 rings (SSSR count). The molecule has 3 aromatic rings. The quantitative estimate of drug-likeness (QED) is 0.665. The molecule has 0 saturated carbocycles. The van der Waals surface area contributed by atoms with Gasteiger partial charge in [0.25, 0.3) is 0 Å². The van der Waals surface area contributed by atoms with Crippen LogP contribution in [0.3, 0.4) is 0 Å². The fourth-order valence-electron chi connectivity index (χ4n) is 4.20. The fraction of sp³-hybridized carbons (Fsp3) is 0.391. The summed E-state index contributed by atoms with van der Waals surface area (Å²) in [5.74, 6) is -0.323. The minimum Gasteiger partial charge on any atom is -0.481 e. The lowest BCUT2D eigenvalue weighted by Crippen LogP contribution is -2.49. The van der Waals surface area contributed by atoms with Crippen molar-refractivity contribution in [2.24, 2.45) is 0 Å². The monoisotopic (exact) mass is 413 g/mol. The number of ether oxygens (including phenoxy) is 1. The molecule has 0 radical (unpaired) electrons. The van der Waals surface area contributed by atoms with Crippen LogP contribution in [0.25, 0.3) is 11.0 Å². The van der Waals surface area contributed by atoms with Gasteiger partial charge in [0, 0.05) is 24.2 Å². The number of hydrogen-bond acceptors (Lipinski definition) is 5. The van der Waals surface area contributed by atoms with E-state index in [1.807, 2.05) is 35.2 Å². The Bertz CT molecular complexity index is 1000. The Hall–Kier alpha value is -2.64. The SMILES string of the molecule is COc1ccc2ncc(F)c(C(O)CN3CCCC(F)C3Cc3ccccc3)c2n1. The number of rotatable bonds is 6. The van der Waals surface area contributed by atoms with Crippen molar-refractivity contribution in [3.05, 3.63) is 65.6 Å². The number of hydrogen-bond donors (Lipinski definition) is 1. The molecule has 7 heteroatoms. The maximum atomic E-state index is 14.8. The van der Waals surface area contributed by atoms with Crippen LogP contribution in [0.5, 0.6) is 5.88 Å². The molecule has 30 heavy (non-hydrogen) atoms. The van der Waals surface area contributed by atoms with Crippen molar-refractivity contribution in [3.63, 3.8) is 0 Å². The molecule has 1 aromatic carbocycles. The molecule has 1 saturated heterocycles. The number of piperidine rings is 1. The van der Waals surface area contributed by atoms with E-state index < -0.39 is 18.1 Å². The number of likely N-dealkylation sites (tertiary alicyclic amines) is 1. The van der Waals surface area contributed by atoms with Gasteiger partial charge in [-0.25, -0.2) is 13.8 Å². The Morgan fingerprint density at radius 1 is 1.23 bits per heavy atom. The van der Waals surface area contributed by atoms with Crippen molar-refractivity contribution in [3.8, 4) is 5.88 Å². The zero-order valence-electron chi connectivity index (χ0n) is 16.8. The van der Waals surface area contributed by atoms with Crippen LogP contribution in [-0.4, -0.2) is 52.4 Å². The van der Waals surface area contributed by atoms with Gasteiger partial charge in [-0.2, -0.15) is 0 Å². The Labute approximate surface area is 174 Å². The standard InChI is InChI=1S/C23H25F2N3O2/c1-30-21-10-9-18-23(27-21)22(17(25)13-26-18)20(29)14-28-11-5-8-16(24)19(28)12-15-6-3-2-4-7-15/h2-4,6-7,9-10,13,16,19-20,29H,5,8,11-12,14H2,1H3. The fourth-order valence-corrected chi connectivity index (χ4v) is 4.20. The summed E-state index contributed by atoms with van der Waals surface area (Å²) in [7, 11) is 1.47. The summed E-state index contributed by atoms with van der Waals surface area (Å²) in [5.41, 5.74) is 1.83. The van der Waals surface area contributed by atoms with Gasteiger partial charge in [-0.1, -0.05) is 30.3 Å². The van der Waals surface area contributed by atoms with Crippen LogP contribution in [0.15, 0.2) is 48.7 Å². The van der Waals surface area contributed by atoms with Gasteiger partial charge in [0.2, 0.25) is 5.88 Å². The minimum atomic E-state index is -1.17. The largest absolute Gasteiger partial charge is 0.481 e. The summed E-state index contributed by atoms with van der Waals surface area (Å²) < 4.78 is 34.7. The van der Waals surface area contributed by atoms with Crippen LogP contribution in [0.2, 0.25) is 0 Å². The second-order valence-electron chi connectivity index (χ2n) is 7.67. The van der Waals surface area contributed by atoms with E-state index in [-0.39, 0.29) is 23.7 Å². The van der Waals surface area contributed by atoms with E-state index in [2.05, 4.69) is 9.97 Å². The Kier molecular flexibility index (Phi) is 6.20. The molecule has 0 amide bonds. The smallest absolute Gasteiger partial charge is 0.213 e. The summed E-state index contributed by atoms with van der Waals surface area (Å²) in [4.78, 5) is 10.3. The van der Waals surface area contributed by atoms with Crippen molar-refractivity contribution < 1.29 is 18.6 Å². The van der Waals surface area contributed by atoms with Crippen molar-refractivity contribution in [2.45, 2.75) is 37.6 Å². The lowest BCUT2D eigenvalue weighted by atomic mass is 9.93. The van der Waals surface area contributed by atoms with Crippen LogP contribution in [0.1, 0.15) is 30.1 Å². The maximum Gasteiger partial charge on any atom is 0.213 e. The summed E-state index contributed by atoms with van der Waals surface area (Å²) in [6.07, 6.45) is 0.660. The molecule has 158 valence electrons. The number of methoxy groups -OCH3 is 1. The van der Waals surface area contributed by atoms with E-state index >= 15 is 0 Å². The van der Waals surface area contributed by atoms with Crippen molar-refractivity contribution in [2.75, 3.05) is 20.2 Å². The number of pyridine rings is 2. The first-order chi connectivity index (χ1) is 14.6. The highest BCUT2D eigenvalue weighted by Crippen LogP contribution is 2.30. The summed E-state index contributed by atoms with van der Waals surface area (Å²) in [5, 5.41) is 11.0. The van der Waals surface area contributed by atoms with Crippen molar-refractivity contribution in [1.82, 2.24) is 14.9 Å². The number of alkyl halides is 1. The first-order valence-electron chi connectivity index (χ1n) is 10.2. The molecule has 3 atom stereocenters. The molecule has 1 aliphatic rings. The molecular weight excluding hydrogens is 388 g/mol. The van der Waals surface area contributed by atoms with Crippen LogP contribution in [0, 0.1) is 5.82 Å². The highest BCUT2D eigenvalue weighted by molar-refractivity contribution is 5.78. The van der Waals surface area contributed by atoms with Crippen LogP contribution < -0.4 is 4.74 Å². The zero-order valence-corrected chi connectivity index (χ0v) is 16.8. The molecule has 3 heterocycles. The van der Waals surface area contributed by atoms with Gasteiger partial charge in [0.05, 0.1) is 24.9 Å². The van der Waals surface area contributed by atoms with Crippen molar-refractivity contribution in [1.29, 1.82) is 0 Å². The average molecular weight is 413 g/mol. The number of benzene rings is 1. The third-order valence-electron chi connectivity index (χ3n) is 5.73. The first kappa shape index (κ1) is 20.6. The summed E-state index contributed by atoms with van der Waals surface area (Å²) in [6, 6.07) is 12.7. The molecule has 0 bridgehead atoms. The Morgan fingerprint density at radius 3 is 2.80 bits per heavy atom. The highest BCUT2D eigenvalue weighted by Gasteiger charge is 2.33. The number of β-amino-alcohol motifs (C(OH)–C–C–N with tert-alkyl or cyclic N) is 1. The van der Waals surface area contributed by atoms with Gasteiger partial charge in [-0.3, -0.25) is 9.88 Å². The third-order valence-corrected chi connectivity index (χ3v) is 5.73. The van der Waals surface area contributed by atoms with Gasteiger partial charge in [-0.15, -0.1) is 0 Å². The molecule has 3 unspecified atom stereocenters. The lowest BCUT2D eigenvalue weighted by molar-refractivity contribution is 0.0245. The summed E-state index contributed by atoms with van der Waals surface area (Å²) >= 11 is 0. The normalized spacial score (nSPS) is 20.9. The Balaban J connectivity index is 1.61. The predicted octanol–water partition coefficient (Wildman–Crippen LogP) is 3.86. The van der Waals surface area contributed by atoms with E-state index in [1.54, 1.807) is 12.1 Å². The molecule has 1 aliphatic heterocycles. The molecule has 0 aliphatic carbocycles. The number of aliphatic hydroxyl groups is 1. The summed E-state index contributed by atoms with van der Waals surface area (Å²) in [6.45, 7) is 0.767. The second kappa shape index (κ2) is 9.02. The molecular formula is C23H25F2N3O2. The average Bonchev–Trinajstić information content (AvgIpc) is 2.76. The number of aromatic nitrogens is 2. The zero-order chi connectivity index (χ0) is 21.1. The van der Waals surface area contributed by atoms with Gasteiger partial charge in [0.15, 0.2) is 0 Å². The van der Waals surface area contributed by atoms with Crippen molar-refractivity contribution >= 4 is 11.0 Å². The van der Waals surface area contributed by atoms with Gasteiger partial charge in [-0.05, 0) is 37.4 Å². The van der Waals surface area contributed by atoms with Crippen LogP contribution >= 0.6 is 0 Å². The molecule has 5 nitrogen and oxygen atoms in total.